The summed E-state index contributed by atoms with van der Waals surface area (Å²) in [4.78, 5) is 18.8. The highest BCUT2D eigenvalue weighted by Gasteiger charge is 2.21. The van der Waals surface area contributed by atoms with Gasteiger partial charge >= 0.3 is 0 Å². The highest BCUT2D eigenvalue weighted by molar-refractivity contribution is 5.91. The van der Waals surface area contributed by atoms with Crippen molar-refractivity contribution in [2.45, 2.75) is 32.7 Å². The zero-order valence-corrected chi connectivity index (χ0v) is 15.4. The molecule has 3 aromatic rings. The van der Waals surface area contributed by atoms with E-state index in [-0.39, 0.29) is 23.4 Å². The maximum atomic E-state index is 13.1. The lowest BCUT2D eigenvalue weighted by Crippen LogP contribution is -2.32. The number of carbonyl (C=O) groups excluding carboxylic acids is 1. The van der Waals surface area contributed by atoms with Gasteiger partial charge in [-0.2, -0.15) is 0 Å². The lowest BCUT2D eigenvalue weighted by Gasteiger charge is -2.21. The normalized spacial score (nSPS) is 11.0. The molecule has 0 aliphatic rings. The number of nitrogens with zero attached hydrogens (tertiary/aromatic N) is 3. The minimum Gasteiger partial charge on any atom is -0.351 e. The van der Waals surface area contributed by atoms with Gasteiger partial charge in [-0.1, -0.05) is 37.2 Å². The molecule has 6 heteroatoms. The van der Waals surface area contributed by atoms with Crippen LogP contribution in [-0.4, -0.2) is 27.5 Å². The first-order valence-electron chi connectivity index (χ1n) is 8.92. The number of rotatable bonds is 7. The van der Waals surface area contributed by atoms with Crippen LogP contribution in [0, 0.1) is 5.82 Å². The highest BCUT2D eigenvalue weighted by Crippen LogP contribution is 2.17. The average Bonchev–Trinajstić information content (AvgIpc) is 3.17. The second-order valence-corrected chi connectivity index (χ2v) is 6.74. The molecule has 1 aromatic carbocycles. The van der Waals surface area contributed by atoms with Gasteiger partial charge < -0.3 is 9.42 Å². The molecule has 0 aliphatic heterocycles. The van der Waals surface area contributed by atoms with Crippen LogP contribution in [-0.2, 0) is 13.0 Å². The highest BCUT2D eigenvalue weighted by atomic mass is 19.1. The third-order valence-electron chi connectivity index (χ3n) is 4.30. The molecule has 1 amide bonds. The van der Waals surface area contributed by atoms with Gasteiger partial charge in [0.2, 0.25) is 5.76 Å². The van der Waals surface area contributed by atoms with Crippen LogP contribution in [0.2, 0.25) is 0 Å². The van der Waals surface area contributed by atoms with Crippen molar-refractivity contribution in [2.24, 2.45) is 0 Å². The first-order chi connectivity index (χ1) is 13.0. The molecule has 0 saturated carbocycles. The molecule has 0 spiro atoms. The summed E-state index contributed by atoms with van der Waals surface area (Å²) in [5.41, 5.74) is 2.63. The first kappa shape index (κ1) is 18.8. The van der Waals surface area contributed by atoms with Crippen molar-refractivity contribution in [2.75, 3.05) is 6.54 Å². The van der Waals surface area contributed by atoms with Crippen LogP contribution < -0.4 is 0 Å². The molecule has 140 valence electrons. The molecule has 0 saturated heterocycles. The van der Waals surface area contributed by atoms with Gasteiger partial charge in [0.25, 0.3) is 5.91 Å². The Morgan fingerprint density at radius 1 is 1.19 bits per heavy atom. The van der Waals surface area contributed by atoms with Crippen molar-refractivity contribution < 1.29 is 13.7 Å². The quantitative estimate of drug-likeness (QED) is 0.627. The van der Waals surface area contributed by atoms with E-state index in [0.29, 0.717) is 19.5 Å². The summed E-state index contributed by atoms with van der Waals surface area (Å²) in [7, 11) is 0. The van der Waals surface area contributed by atoms with E-state index in [2.05, 4.69) is 10.1 Å². The molecule has 0 bridgehead atoms. The Balaban J connectivity index is 1.77. The largest absolute Gasteiger partial charge is 0.351 e. The lowest BCUT2D eigenvalue weighted by atomic mass is 10.1. The van der Waals surface area contributed by atoms with Gasteiger partial charge in [-0.25, -0.2) is 4.39 Å². The number of benzene rings is 1. The van der Waals surface area contributed by atoms with Crippen LogP contribution in [0.3, 0.4) is 0 Å². The Hall–Kier alpha value is -3.02. The topological polar surface area (TPSA) is 59.2 Å². The summed E-state index contributed by atoms with van der Waals surface area (Å²) < 4.78 is 18.4. The SMILES string of the molecule is CC(C)c1cc(C(=O)N(CCc2ccc(F)cc2)Cc2cccnc2)on1. The number of carbonyl (C=O) groups is 1. The Morgan fingerprint density at radius 3 is 2.59 bits per heavy atom. The Bertz CT molecular complexity index is 876. The van der Waals surface area contributed by atoms with E-state index in [4.69, 9.17) is 4.52 Å². The number of halogens is 1. The zero-order valence-electron chi connectivity index (χ0n) is 15.4. The predicted octanol–water partition coefficient (Wildman–Crippen LogP) is 4.22. The van der Waals surface area contributed by atoms with E-state index >= 15 is 0 Å². The van der Waals surface area contributed by atoms with Gasteiger partial charge in [-0.3, -0.25) is 9.78 Å². The van der Waals surface area contributed by atoms with Gasteiger partial charge in [0.1, 0.15) is 5.82 Å². The van der Waals surface area contributed by atoms with Crippen LogP contribution in [0.25, 0.3) is 0 Å². The molecule has 5 nitrogen and oxygen atoms in total. The Labute approximate surface area is 157 Å². The molecule has 3 rings (SSSR count). The number of hydrogen-bond donors (Lipinski definition) is 0. The third-order valence-corrected chi connectivity index (χ3v) is 4.30. The molecular formula is C21H22FN3O2. The Morgan fingerprint density at radius 2 is 1.96 bits per heavy atom. The average molecular weight is 367 g/mol. The van der Waals surface area contributed by atoms with Crippen molar-refractivity contribution in [1.82, 2.24) is 15.0 Å². The molecule has 0 radical (unpaired) electrons. The number of aromatic nitrogens is 2. The third kappa shape index (κ3) is 5.00. The fraction of sp³-hybridized carbons (Fsp3) is 0.286. The van der Waals surface area contributed by atoms with E-state index in [9.17, 15) is 9.18 Å². The monoisotopic (exact) mass is 367 g/mol. The van der Waals surface area contributed by atoms with E-state index in [0.717, 1.165) is 16.8 Å². The van der Waals surface area contributed by atoms with Gasteiger partial charge in [0.15, 0.2) is 0 Å². The smallest absolute Gasteiger partial charge is 0.292 e. The van der Waals surface area contributed by atoms with Crippen molar-refractivity contribution in [3.8, 4) is 0 Å². The first-order valence-corrected chi connectivity index (χ1v) is 8.92. The standard InChI is InChI=1S/C21H22FN3O2/c1-15(2)19-12-20(27-24-19)21(26)25(14-17-4-3-10-23-13-17)11-9-16-5-7-18(22)8-6-16/h3-8,10,12-13,15H,9,11,14H2,1-2H3. The van der Waals surface area contributed by atoms with Gasteiger partial charge in [-0.15, -0.1) is 0 Å². The number of pyridine rings is 1. The predicted molar refractivity (Wildman–Crippen MR) is 99.7 cm³/mol. The van der Waals surface area contributed by atoms with E-state index in [1.807, 2.05) is 26.0 Å². The summed E-state index contributed by atoms with van der Waals surface area (Å²) in [6.07, 6.45) is 4.04. The fourth-order valence-electron chi connectivity index (χ4n) is 2.70. The van der Waals surface area contributed by atoms with E-state index in [1.54, 1.807) is 35.5 Å². The summed E-state index contributed by atoms with van der Waals surface area (Å²) in [6, 6.07) is 11.8. The second-order valence-electron chi connectivity index (χ2n) is 6.74. The van der Waals surface area contributed by atoms with Crippen LogP contribution >= 0.6 is 0 Å². The molecule has 0 unspecified atom stereocenters. The van der Waals surface area contributed by atoms with Crippen molar-refractivity contribution in [1.29, 1.82) is 0 Å². The number of hydrogen-bond acceptors (Lipinski definition) is 4. The van der Waals surface area contributed by atoms with Crippen LogP contribution in [0.4, 0.5) is 4.39 Å². The van der Waals surface area contributed by atoms with Crippen molar-refractivity contribution >= 4 is 5.91 Å². The zero-order chi connectivity index (χ0) is 19.2. The van der Waals surface area contributed by atoms with Gasteiger partial charge in [0.05, 0.1) is 5.69 Å². The van der Waals surface area contributed by atoms with Crippen molar-refractivity contribution in [3.05, 3.63) is 83.3 Å². The molecule has 0 fully saturated rings. The number of amides is 1. The Kier molecular flexibility index (Phi) is 5.96. The molecule has 2 aromatic heterocycles. The molecule has 0 aliphatic carbocycles. The van der Waals surface area contributed by atoms with Crippen LogP contribution in [0.5, 0.6) is 0 Å². The second kappa shape index (κ2) is 8.58. The minimum atomic E-state index is -0.273. The minimum absolute atomic E-state index is 0.182. The molecule has 0 atom stereocenters. The molecule has 27 heavy (non-hydrogen) atoms. The summed E-state index contributed by atoms with van der Waals surface area (Å²) in [6.45, 7) is 4.87. The molecule has 2 heterocycles. The maximum Gasteiger partial charge on any atom is 0.292 e. The van der Waals surface area contributed by atoms with E-state index in [1.165, 1.54) is 12.1 Å². The van der Waals surface area contributed by atoms with Gasteiger partial charge in [0, 0.05) is 31.5 Å². The molecule has 0 N–H and O–H groups in total. The van der Waals surface area contributed by atoms with Crippen LogP contribution in [0.1, 0.15) is 47.1 Å². The van der Waals surface area contributed by atoms with Crippen molar-refractivity contribution in [3.63, 3.8) is 0 Å². The molecular weight excluding hydrogens is 345 g/mol. The summed E-state index contributed by atoms with van der Waals surface area (Å²) in [5, 5.41) is 3.98. The summed E-state index contributed by atoms with van der Waals surface area (Å²) >= 11 is 0. The maximum absolute atomic E-state index is 13.1. The fourth-order valence-corrected chi connectivity index (χ4v) is 2.70. The van der Waals surface area contributed by atoms with E-state index < -0.39 is 0 Å². The lowest BCUT2D eigenvalue weighted by molar-refractivity contribution is 0.0702. The van der Waals surface area contributed by atoms with Gasteiger partial charge in [-0.05, 0) is 41.7 Å². The van der Waals surface area contributed by atoms with Crippen LogP contribution in [0.15, 0.2) is 59.4 Å². The summed E-state index contributed by atoms with van der Waals surface area (Å²) in [5.74, 6) is -0.0896.